The molecule has 2 aliphatic carbocycles. The zero-order chi connectivity index (χ0) is 23.2. The van der Waals surface area contributed by atoms with Gasteiger partial charge in [-0.15, -0.1) is 0 Å². The average Bonchev–Trinajstić information content (AvgIpc) is 3.45. The summed E-state index contributed by atoms with van der Waals surface area (Å²) in [5.41, 5.74) is 0.474. The maximum Gasteiger partial charge on any atom is 0.347 e. The lowest BCUT2D eigenvalue weighted by molar-refractivity contribution is -0.150. The highest BCUT2D eigenvalue weighted by atomic mass is 79.9. The minimum Gasteiger partial charge on any atom is -0.493 e. The quantitative estimate of drug-likeness (QED) is 0.234. The van der Waals surface area contributed by atoms with Gasteiger partial charge in [-0.05, 0) is 54.1 Å². The summed E-state index contributed by atoms with van der Waals surface area (Å²) in [5.74, 6) is -1.09. The molecule has 2 fully saturated rings. The lowest BCUT2D eigenvalue weighted by atomic mass is 9.85. The summed E-state index contributed by atoms with van der Waals surface area (Å²) in [6.07, 6.45) is 5.39. The van der Waals surface area contributed by atoms with E-state index in [4.69, 9.17) is 25.8 Å². The van der Waals surface area contributed by atoms with Crippen LogP contribution in [0.2, 0.25) is 5.02 Å². The number of esters is 1. The highest BCUT2D eigenvalue weighted by Gasteiger charge is 2.59. The highest BCUT2D eigenvalue weighted by Crippen LogP contribution is 2.52. The standard InChI is InChI=1S/C22H22BrClN2O6/c1-4-31-22(29)10(2)32-19-14(30-3)8-13(17(23)18(19)24)9-25-26-20(27)15-11-5-6-12(7-11)16(15)21(26)28/h5-6,8-12,15-16H,4,7H2,1-3H3/t10-,11-,12-,15-,16+/m0/s1. The Morgan fingerprint density at radius 1 is 1.31 bits per heavy atom. The van der Waals surface area contributed by atoms with E-state index in [0.29, 0.717) is 10.0 Å². The Hall–Kier alpha value is -2.39. The van der Waals surface area contributed by atoms with E-state index >= 15 is 0 Å². The fourth-order valence-electron chi connectivity index (χ4n) is 4.56. The molecule has 32 heavy (non-hydrogen) atoms. The monoisotopic (exact) mass is 524 g/mol. The number of imide groups is 1. The fraction of sp³-hybridized carbons (Fsp3) is 0.455. The molecule has 0 N–H and O–H groups in total. The fourth-order valence-corrected chi connectivity index (χ4v) is 5.21. The van der Waals surface area contributed by atoms with Gasteiger partial charge in [-0.2, -0.15) is 10.1 Å². The lowest BCUT2D eigenvalue weighted by Gasteiger charge is -2.18. The van der Waals surface area contributed by atoms with Gasteiger partial charge in [0, 0.05) is 10.0 Å². The second-order valence-electron chi connectivity index (χ2n) is 7.87. The minimum absolute atomic E-state index is 0.112. The van der Waals surface area contributed by atoms with E-state index in [1.807, 2.05) is 12.2 Å². The number of hydrogen-bond donors (Lipinski definition) is 0. The van der Waals surface area contributed by atoms with Crippen molar-refractivity contribution in [2.24, 2.45) is 28.8 Å². The number of ether oxygens (including phenoxy) is 3. The van der Waals surface area contributed by atoms with Crippen molar-refractivity contribution >= 4 is 51.5 Å². The predicted octanol–water partition coefficient (Wildman–Crippen LogP) is 3.58. The van der Waals surface area contributed by atoms with Crippen molar-refractivity contribution in [3.8, 4) is 11.5 Å². The number of amides is 2. The normalized spacial score (nSPS) is 26.7. The molecule has 1 aliphatic heterocycles. The first kappa shape index (κ1) is 22.8. The third-order valence-corrected chi connectivity index (χ3v) is 7.49. The van der Waals surface area contributed by atoms with Gasteiger partial charge in [-0.25, -0.2) is 4.79 Å². The average molecular weight is 526 g/mol. The smallest absolute Gasteiger partial charge is 0.347 e. The van der Waals surface area contributed by atoms with Crippen LogP contribution in [0, 0.1) is 23.7 Å². The van der Waals surface area contributed by atoms with Crippen molar-refractivity contribution in [1.82, 2.24) is 5.01 Å². The Morgan fingerprint density at radius 3 is 2.50 bits per heavy atom. The van der Waals surface area contributed by atoms with E-state index < -0.39 is 12.1 Å². The van der Waals surface area contributed by atoms with E-state index in [1.54, 1.807) is 19.9 Å². The molecule has 0 spiro atoms. The predicted molar refractivity (Wildman–Crippen MR) is 120 cm³/mol. The first-order valence-corrected chi connectivity index (χ1v) is 11.4. The number of methoxy groups -OCH3 is 1. The van der Waals surface area contributed by atoms with Crippen LogP contribution in [0.15, 0.2) is 27.8 Å². The molecule has 1 saturated carbocycles. The highest BCUT2D eigenvalue weighted by molar-refractivity contribution is 9.10. The Labute approximate surface area is 198 Å². The van der Waals surface area contributed by atoms with Gasteiger partial charge in [-0.1, -0.05) is 23.8 Å². The molecule has 4 rings (SSSR count). The molecule has 1 saturated heterocycles. The van der Waals surface area contributed by atoms with Gasteiger partial charge in [0.1, 0.15) is 5.02 Å². The Bertz CT molecular complexity index is 1010. The largest absolute Gasteiger partial charge is 0.493 e. The number of benzene rings is 1. The molecule has 8 nitrogen and oxygen atoms in total. The van der Waals surface area contributed by atoms with E-state index in [2.05, 4.69) is 21.0 Å². The van der Waals surface area contributed by atoms with E-state index in [-0.39, 0.29) is 58.6 Å². The minimum atomic E-state index is -0.906. The molecular formula is C22H22BrClN2O6. The molecule has 1 aromatic carbocycles. The van der Waals surface area contributed by atoms with Gasteiger partial charge >= 0.3 is 5.97 Å². The topological polar surface area (TPSA) is 94.5 Å². The number of carbonyl (C=O) groups excluding carboxylic acids is 3. The first-order valence-electron chi connectivity index (χ1n) is 10.3. The van der Waals surface area contributed by atoms with Gasteiger partial charge in [-0.3, -0.25) is 9.59 Å². The summed E-state index contributed by atoms with van der Waals surface area (Å²) in [6.45, 7) is 3.47. The lowest BCUT2D eigenvalue weighted by Crippen LogP contribution is -2.28. The molecule has 2 bridgehead atoms. The van der Waals surface area contributed by atoms with Crippen LogP contribution in [0.3, 0.4) is 0 Å². The van der Waals surface area contributed by atoms with Crippen molar-refractivity contribution in [2.45, 2.75) is 26.4 Å². The summed E-state index contributed by atoms with van der Waals surface area (Å²) < 4.78 is 16.4. The summed E-state index contributed by atoms with van der Waals surface area (Å²) in [7, 11) is 1.43. The third kappa shape index (κ3) is 3.71. The van der Waals surface area contributed by atoms with Crippen LogP contribution in [-0.2, 0) is 19.1 Å². The van der Waals surface area contributed by atoms with Gasteiger partial charge in [0.25, 0.3) is 11.8 Å². The van der Waals surface area contributed by atoms with Crippen molar-refractivity contribution in [3.63, 3.8) is 0 Å². The van der Waals surface area contributed by atoms with Gasteiger partial charge in [0.05, 0.1) is 31.8 Å². The molecule has 0 radical (unpaired) electrons. The van der Waals surface area contributed by atoms with Crippen molar-refractivity contribution in [2.75, 3.05) is 13.7 Å². The van der Waals surface area contributed by atoms with E-state index in [0.717, 1.165) is 11.4 Å². The number of hydrazone groups is 1. The molecule has 0 aromatic heterocycles. The van der Waals surface area contributed by atoms with Crippen LogP contribution < -0.4 is 9.47 Å². The molecule has 2 amide bonds. The first-order chi connectivity index (χ1) is 15.3. The van der Waals surface area contributed by atoms with E-state index in [9.17, 15) is 14.4 Å². The molecule has 5 atom stereocenters. The zero-order valence-corrected chi connectivity index (χ0v) is 20.1. The number of rotatable bonds is 7. The van der Waals surface area contributed by atoms with Crippen LogP contribution in [-0.4, -0.2) is 48.8 Å². The van der Waals surface area contributed by atoms with Crippen LogP contribution in [0.5, 0.6) is 11.5 Å². The molecular weight excluding hydrogens is 504 g/mol. The molecule has 0 unspecified atom stereocenters. The second-order valence-corrected chi connectivity index (χ2v) is 9.04. The van der Waals surface area contributed by atoms with Crippen LogP contribution in [0.4, 0.5) is 0 Å². The van der Waals surface area contributed by atoms with Crippen molar-refractivity contribution in [1.29, 1.82) is 0 Å². The maximum absolute atomic E-state index is 12.8. The number of hydrogen-bond acceptors (Lipinski definition) is 7. The SMILES string of the molecule is CCOC(=O)[C@H](C)Oc1c(OC)cc(C=NN2C(=O)[C@@H]3[C@H](C2=O)[C@H]2C=C[C@H]3C2)c(Br)c1Cl. The zero-order valence-electron chi connectivity index (χ0n) is 17.7. The van der Waals surface area contributed by atoms with Crippen LogP contribution in [0.25, 0.3) is 0 Å². The number of allylic oxidation sites excluding steroid dienone is 2. The molecule has 1 heterocycles. The Kier molecular flexibility index (Phi) is 6.31. The Balaban J connectivity index is 1.58. The second kappa shape index (κ2) is 8.86. The maximum atomic E-state index is 12.8. The van der Waals surface area contributed by atoms with Gasteiger partial charge in [0.2, 0.25) is 0 Å². The third-order valence-electron chi connectivity index (χ3n) is 6.05. The van der Waals surface area contributed by atoms with Crippen molar-refractivity contribution in [3.05, 3.63) is 33.3 Å². The molecule has 170 valence electrons. The number of fused-ring (bicyclic) bond motifs is 5. The molecule has 1 aromatic rings. The number of nitrogens with zero attached hydrogens (tertiary/aromatic N) is 2. The molecule has 10 heteroatoms. The van der Waals surface area contributed by atoms with E-state index in [1.165, 1.54) is 13.3 Å². The summed E-state index contributed by atoms with van der Waals surface area (Å²) >= 11 is 9.86. The summed E-state index contributed by atoms with van der Waals surface area (Å²) in [5, 5.41) is 5.29. The van der Waals surface area contributed by atoms with Crippen LogP contribution >= 0.6 is 27.5 Å². The Morgan fingerprint density at radius 2 is 1.94 bits per heavy atom. The van der Waals surface area contributed by atoms with Crippen molar-refractivity contribution < 1.29 is 28.6 Å². The van der Waals surface area contributed by atoms with Gasteiger partial charge in [0.15, 0.2) is 17.6 Å². The summed E-state index contributed by atoms with van der Waals surface area (Å²) in [6, 6.07) is 1.59. The summed E-state index contributed by atoms with van der Waals surface area (Å²) in [4.78, 5) is 37.5. The number of halogens is 2. The molecule has 3 aliphatic rings. The number of carbonyl (C=O) groups is 3. The van der Waals surface area contributed by atoms with Gasteiger partial charge < -0.3 is 14.2 Å². The van der Waals surface area contributed by atoms with Crippen LogP contribution in [0.1, 0.15) is 25.8 Å².